The fourth-order valence-corrected chi connectivity index (χ4v) is 4.68. The minimum absolute atomic E-state index is 0.0262. The van der Waals surface area contributed by atoms with Crippen molar-refractivity contribution in [1.29, 1.82) is 0 Å². The summed E-state index contributed by atoms with van der Waals surface area (Å²) in [7, 11) is 1.54. The van der Waals surface area contributed by atoms with Gasteiger partial charge in [-0.25, -0.2) is 0 Å². The lowest BCUT2D eigenvalue weighted by atomic mass is 9.83. The van der Waals surface area contributed by atoms with Gasteiger partial charge >= 0.3 is 0 Å². The average molecular weight is 428 g/mol. The van der Waals surface area contributed by atoms with Gasteiger partial charge in [0.1, 0.15) is 17.6 Å². The number of nitrogens with zero attached hydrogens (tertiary/aromatic N) is 1. The minimum atomic E-state index is -0.687. The Hall–Kier alpha value is -3.80. The van der Waals surface area contributed by atoms with Crippen molar-refractivity contribution in [3.8, 4) is 5.75 Å². The maximum absolute atomic E-state index is 14.1. The minimum Gasteiger partial charge on any atom is -0.496 e. The zero-order valence-corrected chi connectivity index (χ0v) is 18.0. The predicted octanol–water partition coefficient (Wildman–Crippen LogP) is 5.35. The lowest BCUT2D eigenvalue weighted by Gasteiger charge is -2.33. The number of nitrogens with one attached hydrogen (secondary N) is 1. The van der Waals surface area contributed by atoms with Crippen LogP contribution in [0.25, 0.3) is 0 Å². The second-order valence-electron chi connectivity index (χ2n) is 8.26. The Labute approximate surface area is 186 Å². The van der Waals surface area contributed by atoms with Crippen LogP contribution in [-0.2, 0) is 4.79 Å². The predicted molar refractivity (Wildman–Crippen MR) is 122 cm³/mol. The average Bonchev–Trinajstić information content (AvgIpc) is 3.28. The van der Waals surface area contributed by atoms with Crippen molar-refractivity contribution in [2.24, 2.45) is 5.92 Å². The van der Waals surface area contributed by atoms with Crippen LogP contribution in [0.5, 0.6) is 5.75 Å². The second kappa shape index (κ2) is 8.04. The molecule has 0 bridgehead atoms. The van der Waals surface area contributed by atoms with Crippen LogP contribution in [0, 0.1) is 5.92 Å². The second-order valence-corrected chi connectivity index (χ2v) is 8.26. The van der Waals surface area contributed by atoms with Gasteiger partial charge in [0, 0.05) is 17.7 Å². The van der Waals surface area contributed by atoms with Gasteiger partial charge in [0.15, 0.2) is 5.78 Å². The van der Waals surface area contributed by atoms with Crippen LogP contribution in [0.1, 0.15) is 41.9 Å². The Bertz CT molecular complexity index is 1210. The summed E-state index contributed by atoms with van der Waals surface area (Å²) in [5.41, 5.74) is 3.30. The van der Waals surface area contributed by atoms with Crippen LogP contribution in [-0.4, -0.2) is 18.8 Å². The number of amides is 1. The van der Waals surface area contributed by atoms with E-state index in [-0.39, 0.29) is 17.6 Å². The van der Waals surface area contributed by atoms with Crippen LogP contribution >= 0.6 is 0 Å². The summed E-state index contributed by atoms with van der Waals surface area (Å²) in [5, 5.41) is 3.47. The third kappa shape index (κ3) is 3.28. The summed E-state index contributed by atoms with van der Waals surface area (Å²) in [6, 6.07) is 17.6. The standard InChI is InChI=1S/C26H24N2O4/c1-16-14-19-24(21(29)15-16)25(23-12-7-13-32-23)28(20-10-5-4-9-18(20)27-19)26(30)17-8-3-6-11-22(17)31-2/h3-13,16,25,27H,14-15H2,1-2H3/t16-,25+/m1/s1. The van der Waals surface area contributed by atoms with E-state index in [1.807, 2.05) is 36.4 Å². The first-order valence-electron chi connectivity index (χ1n) is 10.7. The summed E-state index contributed by atoms with van der Waals surface area (Å²) in [6.07, 6.45) is 2.73. The molecule has 1 N–H and O–H groups in total. The number of methoxy groups -OCH3 is 1. The van der Waals surface area contributed by atoms with Gasteiger partial charge in [-0.05, 0) is 48.7 Å². The number of allylic oxidation sites excluding steroid dienone is 1. The van der Waals surface area contributed by atoms with Crippen molar-refractivity contribution in [2.45, 2.75) is 25.8 Å². The fourth-order valence-electron chi connectivity index (χ4n) is 4.68. The number of ketones is 1. The van der Waals surface area contributed by atoms with E-state index in [1.165, 1.54) is 0 Å². The first-order chi connectivity index (χ1) is 15.6. The smallest absolute Gasteiger partial charge is 0.263 e. The normalized spacial score (nSPS) is 20.2. The van der Waals surface area contributed by atoms with E-state index in [1.54, 1.807) is 42.5 Å². The molecule has 0 spiro atoms. The van der Waals surface area contributed by atoms with Gasteiger partial charge in [-0.3, -0.25) is 14.5 Å². The molecule has 1 aliphatic heterocycles. The summed E-state index contributed by atoms with van der Waals surface area (Å²) in [6.45, 7) is 2.07. The summed E-state index contributed by atoms with van der Waals surface area (Å²) in [5.74, 6) is 0.997. The van der Waals surface area contributed by atoms with Gasteiger partial charge in [0.25, 0.3) is 5.91 Å². The van der Waals surface area contributed by atoms with Crippen LogP contribution in [0.15, 0.2) is 82.6 Å². The number of Topliss-reactive ketones (excluding diaryl/α,β-unsaturated/α-hetero) is 1. The highest BCUT2D eigenvalue weighted by Crippen LogP contribution is 2.46. The molecule has 2 aromatic carbocycles. The van der Waals surface area contributed by atoms with Gasteiger partial charge in [-0.1, -0.05) is 31.2 Å². The Morgan fingerprint density at radius 1 is 1.06 bits per heavy atom. The Kier molecular flexibility index (Phi) is 5.05. The molecular weight excluding hydrogens is 404 g/mol. The lowest BCUT2D eigenvalue weighted by molar-refractivity contribution is -0.117. The summed E-state index contributed by atoms with van der Waals surface area (Å²) in [4.78, 5) is 29.1. The number of carbonyl (C=O) groups is 2. The van der Waals surface area contributed by atoms with Crippen molar-refractivity contribution >= 4 is 23.1 Å². The zero-order valence-electron chi connectivity index (χ0n) is 18.0. The first kappa shape index (κ1) is 20.1. The molecule has 3 aromatic rings. The molecule has 6 nitrogen and oxygen atoms in total. The molecule has 2 heterocycles. The number of ether oxygens (including phenoxy) is 1. The molecule has 2 aliphatic rings. The van der Waals surface area contributed by atoms with Gasteiger partial charge in [0.05, 0.1) is 30.3 Å². The van der Waals surface area contributed by atoms with Crippen LogP contribution in [0.2, 0.25) is 0 Å². The fraction of sp³-hybridized carbons (Fsp3) is 0.231. The molecule has 32 heavy (non-hydrogen) atoms. The number of hydrogen-bond donors (Lipinski definition) is 1. The third-order valence-electron chi connectivity index (χ3n) is 6.06. The number of benzene rings is 2. The maximum atomic E-state index is 14.1. The third-order valence-corrected chi connectivity index (χ3v) is 6.06. The Morgan fingerprint density at radius 3 is 2.62 bits per heavy atom. The number of furan rings is 1. The number of para-hydroxylation sites is 3. The monoisotopic (exact) mass is 428 g/mol. The van der Waals surface area contributed by atoms with Crippen LogP contribution in [0.3, 0.4) is 0 Å². The van der Waals surface area contributed by atoms with E-state index < -0.39 is 6.04 Å². The summed E-state index contributed by atoms with van der Waals surface area (Å²) >= 11 is 0. The number of carbonyl (C=O) groups excluding carboxylic acids is 2. The molecule has 0 saturated heterocycles. The van der Waals surface area contributed by atoms with Gasteiger partial charge in [0.2, 0.25) is 0 Å². The highest BCUT2D eigenvalue weighted by atomic mass is 16.5. The van der Waals surface area contributed by atoms with Crippen LogP contribution < -0.4 is 15.0 Å². The molecular formula is C26H24N2O4. The van der Waals surface area contributed by atoms with Crippen molar-refractivity contribution in [2.75, 3.05) is 17.3 Å². The SMILES string of the molecule is COc1ccccc1C(=O)N1c2ccccc2NC2=C(C(=O)C[C@H](C)C2)[C@@H]1c1ccco1. The molecule has 0 radical (unpaired) electrons. The zero-order chi connectivity index (χ0) is 22.2. The van der Waals surface area contributed by atoms with Gasteiger partial charge < -0.3 is 14.5 Å². The lowest BCUT2D eigenvalue weighted by Crippen LogP contribution is -2.38. The topological polar surface area (TPSA) is 71.8 Å². The van der Waals surface area contributed by atoms with Gasteiger partial charge in [-0.2, -0.15) is 0 Å². The van der Waals surface area contributed by atoms with Crippen molar-refractivity contribution < 1.29 is 18.7 Å². The van der Waals surface area contributed by atoms with Crippen molar-refractivity contribution in [3.63, 3.8) is 0 Å². The number of hydrogen-bond acceptors (Lipinski definition) is 5. The molecule has 1 aliphatic carbocycles. The molecule has 1 amide bonds. The van der Waals surface area contributed by atoms with E-state index in [0.29, 0.717) is 34.8 Å². The van der Waals surface area contributed by atoms with E-state index >= 15 is 0 Å². The Balaban J connectivity index is 1.78. The molecule has 1 aromatic heterocycles. The molecule has 0 fully saturated rings. The van der Waals surface area contributed by atoms with Gasteiger partial charge in [-0.15, -0.1) is 0 Å². The number of rotatable bonds is 3. The quantitative estimate of drug-likeness (QED) is 0.608. The molecule has 6 heteroatoms. The summed E-state index contributed by atoms with van der Waals surface area (Å²) < 4.78 is 11.3. The van der Waals surface area contributed by atoms with E-state index in [0.717, 1.165) is 17.8 Å². The van der Waals surface area contributed by atoms with Crippen molar-refractivity contribution in [1.82, 2.24) is 0 Å². The molecule has 162 valence electrons. The van der Waals surface area contributed by atoms with E-state index in [2.05, 4.69) is 12.2 Å². The highest BCUT2D eigenvalue weighted by Gasteiger charge is 2.42. The van der Waals surface area contributed by atoms with E-state index in [9.17, 15) is 9.59 Å². The molecule has 2 atom stereocenters. The molecule has 5 rings (SSSR count). The maximum Gasteiger partial charge on any atom is 0.263 e. The molecule has 0 saturated carbocycles. The molecule has 0 unspecified atom stereocenters. The number of anilines is 2. The number of fused-ring (bicyclic) bond motifs is 1. The van der Waals surface area contributed by atoms with E-state index in [4.69, 9.17) is 9.15 Å². The largest absolute Gasteiger partial charge is 0.496 e. The Morgan fingerprint density at radius 2 is 1.84 bits per heavy atom. The highest BCUT2D eigenvalue weighted by molar-refractivity contribution is 6.13. The van der Waals surface area contributed by atoms with Crippen LogP contribution in [0.4, 0.5) is 11.4 Å². The first-order valence-corrected chi connectivity index (χ1v) is 10.7. The van der Waals surface area contributed by atoms with Crippen molar-refractivity contribution in [3.05, 3.63) is 89.5 Å².